The molecule has 0 N–H and O–H groups in total. The van der Waals surface area contributed by atoms with Gasteiger partial charge in [-0.3, -0.25) is 4.79 Å². The minimum Gasteiger partial charge on any atom is -0.340 e. The first-order chi connectivity index (χ1) is 13.5. The lowest BCUT2D eigenvalue weighted by Crippen LogP contribution is -2.50. The van der Waals surface area contributed by atoms with Gasteiger partial charge in [-0.2, -0.15) is 4.31 Å². The molecule has 0 saturated carbocycles. The highest BCUT2D eigenvalue weighted by Crippen LogP contribution is 2.26. The number of hydrogen-bond donors (Lipinski definition) is 0. The molecule has 0 radical (unpaired) electrons. The Kier molecular flexibility index (Phi) is 5.51. The summed E-state index contributed by atoms with van der Waals surface area (Å²) in [5, 5.41) is 0. The van der Waals surface area contributed by atoms with Gasteiger partial charge in [-0.25, -0.2) is 8.42 Å². The fourth-order valence-electron chi connectivity index (χ4n) is 4.08. The molecule has 1 amide bonds. The van der Waals surface area contributed by atoms with Crippen molar-refractivity contribution in [2.75, 3.05) is 26.2 Å². The number of carbonyl (C=O) groups is 1. The molecule has 148 valence electrons. The lowest BCUT2D eigenvalue weighted by Gasteiger charge is -2.34. The predicted molar refractivity (Wildman–Crippen MR) is 109 cm³/mol. The molecule has 4 rings (SSSR count). The molecular formula is C22H26N2O3S. The zero-order chi connectivity index (χ0) is 19.6. The van der Waals surface area contributed by atoms with E-state index in [4.69, 9.17) is 0 Å². The molecule has 2 aliphatic rings. The Bertz CT molecular complexity index is 949. The normalized spacial score (nSPS) is 17.9. The first-order valence-electron chi connectivity index (χ1n) is 9.98. The number of nitrogens with zero attached hydrogens (tertiary/aromatic N) is 2. The van der Waals surface area contributed by atoms with Gasteiger partial charge in [-0.1, -0.05) is 36.4 Å². The summed E-state index contributed by atoms with van der Waals surface area (Å²) in [5.41, 5.74) is 3.43. The van der Waals surface area contributed by atoms with Crippen LogP contribution in [0.2, 0.25) is 0 Å². The fraction of sp³-hybridized carbons (Fsp3) is 0.409. The van der Waals surface area contributed by atoms with Crippen molar-refractivity contribution in [2.24, 2.45) is 0 Å². The van der Waals surface area contributed by atoms with Crippen LogP contribution in [-0.2, 0) is 34.1 Å². The standard InChI is InChI=1S/C22H26N2O3S/c25-22(16-18-6-2-1-3-7-18)23-12-14-24(15-13-23)28(26,27)21-11-10-19-8-4-5-9-20(19)17-21/h1-3,6-7,10-11,17H,4-5,8-9,12-16H2. The molecule has 1 heterocycles. The van der Waals surface area contributed by atoms with E-state index in [1.54, 1.807) is 11.0 Å². The molecular weight excluding hydrogens is 372 g/mol. The molecule has 2 aromatic rings. The Hall–Kier alpha value is -2.18. The van der Waals surface area contributed by atoms with E-state index in [0.717, 1.165) is 24.8 Å². The highest BCUT2D eigenvalue weighted by atomic mass is 32.2. The summed E-state index contributed by atoms with van der Waals surface area (Å²) in [6, 6.07) is 15.2. The molecule has 0 spiro atoms. The van der Waals surface area contributed by atoms with Gasteiger partial charge in [0.05, 0.1) is 11.3 Å². The van der Waals surface area contributed by atoms with Crippen LogP contribution in [0.5, 0.6) is 0 Å². The van der Waals surface area contributed by atoms with Crippen LogP contribution < -0.4 is 0 Å². The van der Waals surface area contributed by atoms with Crippen molar-refractivity contribution < 1.29 is 13.2 Å². The monoisotopic (exact) mass is 398 g/mol. The number of aryl methyl sites for hydroxylation is 2. The summed E-state index contributed by atoms with van der Waals surface area (Å²) in [6.07, 6.45) is 4.66. The second-order valence-electron chi connectivity index (χ2n) is 7.58. The van der Waals surface area contributed by atoms with Crippen LogP contribution in [0, 0.1) is 0 Å². The summed E-state index contributed by atoms with van der Waals surface area (Å²) in [5.74, 6) is 0.0528. The van der Waals surface area contributed by atoms with Crippen molar-refractivity contribution in [3.05, 3.63) is 65.2 Å². The van der Waals surface area contributed by atoms with Gasteiger partial charge in [-0.15, -0.1) is 0 Å². The Morgan fingerprint density at radius 2 is 1.54 bits per heavy atom. The summed E-state index contributed by atoms with van der Waals surface area (Å²) in [6.45, 7) is 1.57. The zero-order valence-electron chi connectivity index (χ0n) is 16.0. The highest BCUT2D eigenvalue weighted by molar-refractivity contribution is 7.89. The molecule has 28 heavy (non-hydrogen) atoms. The molecule has 1 saturated heterocycles. The van der Waals surface area contributed by atoms with Crippen LogP contribution in [0.1, 0.15) is 29.5 Å². The maximum Gasteiger partial charge on any atom is 0.243 e. The van der Waals surface area contributed by atoms with Crippen LogP contribution in [0.25, 0.3) is 0 Å². The third kappa shape index (κ3) is 3.98. The molecule has 0 atom stereocenters. The molecule has 1 aliphatic carbocycles. The summed E-state index contributed by atoms with van der Waals surface area (Å²) in [7, 11) is -3.51. The van der Waals surface area contributed by atoms with E-state index >= 15 is 0 Å². The maximum absolute atomic E-state index is 13.1. The van der Waals surface area contributed by atoms with Crippen LogP contribution in [0.4, 0.5) is 0 Å². The number of sulfonamides is 1. The Morgan fingerprint density at radius 1 is 0.857 bits per heavy atom. The third-order valence-electron chi connectivity index (χ3n) is 5.75. The van der Waals surface area contributed by atoms with Crippen molar-refractivity contribution in [2.45, 2.75) is 37.0 Å². The van der Waals surface area contributed by atoms with Crippen molar-refractivity contribution in [1.29, 1.82) is 0 Å². The summed E-state index contributed by atoms with van der Waals surface area (Å²) < 4.78 is 27.6. The number of hydrogen-bond acceptors (Lipinski definition) is 3. The molecule has 1 fully saturated rings. The van der Waals surface area contributed by atoms with E-state index in [9.17, 15) is 13.2 Å². The van der Waals surface area contributed by atoms with Crippen LogP contribution in [-0.4, -0.2) is 49.7 Å². The third-order valence-corrected chi connectivity index (χ3v) is 7.64. The molecule has 0 bridgehead atoms. The SMILES string of the molecule is O=C(Cc1ccccc1)N1CCN(S(=O)(=O)c2ccc3c(c2)CCCC3)CC1. The van der Waals surface area contributed by atoms with Gasteiger partial charge in [0, 0.05) is 26.2 Å². The first kappa shape index (κ1) is 19.2. The predicted octanol–water partition coefficient (Wildman–Crippen LogP) is 2.64. The average molecular weight is 399 g/mol. The van der Waals surface area contributed by atoms with Crippen LogP contribution in [0.3, 0.4) is 0 Å². The first-order valence-corrected chi connectivity index (χ1v) is 11.4. The van der Waals surface area contributed by atoms with Gasteiger partial charge in [0.15, 0.2) is 0 Å². The summed E-state index contributed by atoms with van der Waals surface area (Å²) in [4.78, 5) is 14.7. The van der Waals surface area contributed by atoms with E-state index in [1.165, 1.54) is 21.9 Å². The van der Waals surface area contributed by atoms with Gasteiger partial charge >= 0.3 is 0 Å². The van der Waals surface area contributed by atoms with E-state index in [2.05, 4.69) is 0 Å². The van der Waals surface area contributed by atoms with Crippen molar-refractivity contribution >= 4 is 15.9 Å². The van der Waals surface area contributed by atoms with Crippen molar-refractivity contribution in [1.82, 2.24) is 9.21 Å². The van der Waals surface area contributed by atoms with Gasteiger partial charge in [-0.05, 0) is 54.5 Å². The minimum atomic E-state index is -3.51. The smallest absolute Gasteiger partial charge is 0.243 e. The second-order valence-corrected chi connectivity index (χ2v) is 9.52. The van der Waals surface area contributed by atoms with Crippen molar-refractivity contribution in [3.63, 3.8) is 0 Å². The molecule has 0 unspecified atom stereocenters. The molecule has 0 aromatic heterocycles. The number of benzene rings is 2. The largest absolute Gasteiger partial charge is 0.340 e. The summed E-state index contributed by atoms with van der Waals surface area (Å²) >= 11 is 0. The number of rotatable bonds is 4. The van der Waals surface area contributed by atoms with Crippen LogP contribution >= 0.6 is 0 Å². The fourth-order valence-corrected chi connectivity index (χ4v) is 5.55. The van der Waals surface area contributed by atoms with Gasteiger partial charge < -0.3 is 4.90 Å². The van der Waals surface area contributed by atoms with Gasteiger partial charge in [0.1, 0.15) is 0 Å². The zero-order valence-corrected chi connectivity index (χ0v) is 16.8. The van der Waals surface area contributed by atoms with E-state index in [1.807, 2.05) is 42.5 Å². The average Bonchev–Trinajstić information content (AvgIpc) is 2.74. The van der Waals surface area contributed by atoms with Gasteiger partial charge in [0.25, 0.3) is 0 Å². The quantitative estimate of drug-likeness (QED) is 0.796. The molecule has 1 aliphatic heterocycles. The second kappa shape index (κ2) is 8.05. The van der Waals surface area contributed by atoms with Crippen molar-refractivity contribution in [3.8, 4) is 0 Å². The van der Waals surface area contributed by atoms with E-state index in [0.29, 0.717) is 37.5 Å². The van der Waals surface area contributed by atoms with Gasteiger partial charge in [0.2, 0.25) is 15.9 Å². The number of fused-ring (bicyclic) bond motifs is 1. The molecule has 6 heteroatoms. The molecule has 2 aromatic carbocycles. The maximum atomic E-state index is 13.1. The minimum absolute atomic E-state index is 0.0528. The lowest BCUT2D eigenvalue weighted by molar-refractivity contribution is -0.131. The number of amides is 1. The Morgan fingerprint density at radius 3 is 2.25 bits per heavy atom. The number of piperazine rings is 1. The van der Waals surface area contributed by atoms with Crippen LogP contribution in [0.15, 0.2) is 53.4 Å². The van der Waals surface area contributed by atoms with E-state index in [-0.39, 0.29) is 5.91 Å². The Labute approximate surface area is 167 Å². The van der Waals surface area contributed by atoms with E-state index < -0.39 is 10.0 Å². The highest BCUT2D eigenvalue weighted by Gasteiger charge is 2.30. The topological polar surface area (TPSA) is 57.7 Å². The number of carbonyl (C=O) groups excluding carboxylic acids is 1. The Balaban J connectivity index is 1.41. The lowest BCUT2D eigenvalue weighted by atomic mass is 9.92. The molecule has 5 nitrogen and oxygen atoms in total.